The van der Waals surface area contributed by atoms with E-state index >= 15 is 0 Å². The van der Waals surface area contributed by atoms with E-state index in [2.05, 4.69) is 15.6 Å². The van der Waals surface area contributed by atoms with Crippen molar-refractivity contribution in [1.82, 2.24) is 10.2 Å². The van der Waals surface area contributed by atoms with Crippen molar-refractivity contribution in [2.75, 3.05) is 31.6 Å². The Balaban J connectivity index is 1.76. The number of rotatable bonds is 2. The van der Waals surface area contributed by atoms with E-state index in [4.69, 9.17) is 4.74 Å². The molecule has 0 bridgehead atoms. The van der Waals surface area contributed by atoms with Gasteiger partial charge >= 0.3 is 6.03 Å². The van der Waals surface area contributed by atoms with Crippen LogP contribution in [0.4, 0.5) is 10.5 Å². The number of ether oxygens (including phenoxy) is 1. The minimum Gasteiger partial charge on any atom is -0.378 e. The molecule has 3 rings (SSSR count). The predicted molar refractivity (Wildman–Crippen MR) is 104 cm³/mol. The maximum Gasteiger partial charge on any atom is 0.348 e. The van der Waals surface area contributed by atoms with Crippen molar-refractivity contribution in [2.24, 2.45) is 4.99 Å². The second-order valence-corrected chi connectivity index (χ2v) is 6.15. The molecule has 7 heteroatoms. The Bertz CT molecular complexity index is 813. The van der Waals surface area contributed by atoms with Gasteiger partial charge in [0.05, 0.1) is 13.2 Å². The largest absolute Gasteiger partial charge is 0.378 e. The average Bonchev–Trinajstić information content (AvgIpc) is 2.69. The fraction of sp³-hybridized carbons (Fsp3) is 0.250. The fourth-order valence-corrected chi connectivity index (χ4v) is 2.60. The number of benzene rings is 2. The van der Waals surface area contributed by atoms with Gasteiger partial charge in [-0.2, -0.15) is 4.99 Å². The van der Waals surface area contributed by atoms with Crippen LogP contribution in [0.25, 0.3) is 0 Å². The summed E-state index contributed by atoms with van der Waals surface area (Å²) < 4.78 is 5.34. The van der Waals surface area contributed by atoms with Crippen LogP contribution in [0.15, 0.2) is 59.6 Å². The number of aliphatic imine (C=N–C) groups is 1. The van der Waals surface area contributed by atoms with E-state index in [9.17, 15) is 9.59 Å². The zero-order valence-corrected chi connectivity index (χ0v) is 15.1. The van der Waals surface area contributed by atoms with Crippen molar-refractivity contribution in [3.8, 4) is 0 Å². The smallest absolute Gasteiger partial charge is 0.348 e. The van der Waals surface area contributed by atoms with Crippen molar-refractivity contribution in [3.05, 3.63) is 65.7 Å². The maximum absolute atomic E-state index is 12.6. The number of hydrogen-bond donors (Lipinski definition) is 2. The van der Waals surface area contributed by atoms with Crippen molar-refractivity contribution < 1.29 is 14.3 Å². The van der Waals surface area contributed by atoms with E-state index in [1.54, 1.807) is 24.3 Å². The number of guanidine groups is 1. The minimum atomic E-state index is -0.549. The number of nitrogens with one attached hydrogen (secondary N) is 2. The van der Waals surface area contributed by atoms with E-state index in [0.717, 1.165) is 5.56 Å². The Morgan fingerprint density at radius 3 is 2.33 bits per heavy atom. The molecule has 3 amide bonds. The third kappa shape index (κ3) is 5.39. The van der Waals surface area contributed by atoms with E-state index < -0.39 is 6.03 Å². The molecule has 0 atom stereocenters. The summed E-state index contributed by atoms with van der Waals surface area (Å²) in [5.41, 5.74) is 2.21. The molecule has 1 aliphatic rings. The van der Waals surface area contributed by atoms with E-state index in [1.165, 1.54) is 0 Å². The van der Waals surface area contributed by atoms with Gasteiger partial charge < -0.3 is 15.0 Å². The number of anilines is 1. The van der Waals surface area contributed by atoms with Gasteiger partial charge in [0.15, 0.2) is 0 Å². The number of amides is 3. The Kier molecular flexibility index (Phi) is 6.17. The minimum absolute atomic E-state index is 0.220. The first-order chi connectivity index (χ1) is 13.1. The molecular formula is C20H22N4O3. The lowest BCUT2D eigenvalue weighted by molar-refractivity contribution is 0.0657. The molecule has 27 heavy (non-hydrogen) atoms. The second-order valence-electron chi connectivity index (χ2n) is 6.15. The van der Waals surface area contributed by atoms with Crippen molar-refractivity contribution >= 4 is 23.6 Å². The van der Waals surface area contributed by atoms with Gasteiger partial charge in [-0.1, -0.05) is 35.9 Å². The quantitative estimate of drug-likeness (QED) is 0.632. The van der Waals surface area contributed by atoms with Crippen LogP contribution in [0.2, 0.25) is 0 Å². The highest BCUT2D eigenvalue weighted by atomic mass is 16.5. The van der Waals surface area contributed by atoms with Gasteiger partial charge in [0, 0.05) is 24.3 Å². The SMILES string of the molecule is Cc1ccc(C(=O)NC(=NC(=O)Nc2ccccc2)N2CCOCC2)cc1. The van der Waals surface area contributed by atoms with Crippen molar-refractivity contribution in [1.29, 1.82) is 0 Å². The molecule has 1 aliphatic heterocycles. The van der Waals surface area contributed by atoms with Crippen LogP contribution in [0.5, 0.6) is 0 Å². The van der Waals surface area contributed by atoms with Gasteiger partial charge in [-0.25, -0.2) is 4.79 Å². The molecule has 0 radical (unpaired) electrons. The van der Waals surface area contributed by atoms with Gasteiger partial charge in [-0.15, -0.1) is 0 Å². The Morgan fingerprint density at radius 1 is 1.00 bits per heavy atom. The monoisotopic (exact) mass is 366 g/mol. The predicted octanol–water partition coefficient (Wildman–Crippen LogP) is 2.65. The normalized spacial score (nSPS) is 14.6. The molecule has 140 valence electrons. The molecule has 0 unspecified atom stereocenters. The molecular weight excluding hydrogens is 344 g/mol. The Morgan fingerprint density at radius 2 is 1.67 bits per heavy atom. The molecule has 1 fully saturated rings. The summed E-state index contributed by atoms with van der Waals surface area (Å²) in [5, 5.41) is 5.46. The zero-order chi connectivity index (χ0) is 19.1. The first kappa shape index (κ1) is 18.6. The molecule has 0 aromatic heterocycles. The fourth-order valence-electron chi connectivity index (χ4n) is 2.60. The summed E-state index contributed by atoms with van der Waals surface area (Å²) in [4.78, 5) is 30.8. The third-order valence-corrected chi connectivity index (χ3v) is 4.08. The lowest BCUT2D eigenvalue weighted by atomic mass is 10.1. The first-order valence-electron chi connectivity index (χ1n) is 8.77. The summed E-state index contributed by atoms with van der Waals surface area (Å²) in [6.07, 6.45) is 0. The average molecular weight is 366 g/mol. The number of urea groups is 1. The molecule has 0 spiro atoms. The molecule has 2 N–H and O–H groups in total. The van der Waals surface area contributed by atoms with Gasteiger partial charge in [0.1, 0.15) is 0 Å². The molecule has 2 aromatic rings. The van der Waals surface area contributed by atoms with Crippen LogP contribution in [-0.4, -0.2) is 49.1 Å². The second kappa shape index (κ2) is 8.95. The number of morpholine rings is 1. The van der Waals surface area contributed by atoms with Gasteiger partial charge in [0.2, 0.25) is 5.96 Å². The van der Waals surface area contributed by atoms with Crippen LogP contribution >= 0.6 is 0 Å². The van der Waals surface area contributed by atoms with Crippen LogP contribution in [0.1, 0.15) is 15.9 Å². The number of aryl methyl sites for hydroxylation is 1. The van der Waals surface area contributed by atoms with Crippen LogP contribution in [0.3, 0.4) is 0 Å². The number of hydrogen-bond acceptors (Lipinski definition) is 3. The molecule has 1 saturated heterocycles. The molecule has 0 aliphatic carbocycles. The lowest BCUT2D eigenvalue weighted by Crippen LogP contribution is -2.49. The summed E-state index contributed by atoms with van der Waals surface area (Å²) in [5.74, 6) is -0.0925. The topological polar surface area (TPSA) is 83.0 Å². The number of para-hydroxylation sites is 1. The number of carbonyl (C=O) groups excluding carboxylic acids is 2. The molecule has 1 heterocycles. The highest BCUT2D eigenvalue weighted by molar-refractivity contribution is 6.09. The lowest BCUT2D eigenvalue weighted by Gasteiger charge is -2.29. The van der Waals surface area contributed by atoms with Gasteiger partial charge in [-0.3, -0.25) is 10.1 Å². The van der Waals surface area contributed by atoms with Gasteiger partial charge in [-0.05, 0) is 31.2 Å². The van der Waals surface area contributed by atoms with E-state index in [0.29, 0.717) is 37.6 Å². The van der Waals surface area contributed by atoms with E-state index in [1.807, 2.05) is 42.2 Å². The standard InChI is InChI=1S/C20H22N4O3/c1-15-7-9-16(10-8-15)18(25)22-19(24-11-13-27-14-12-24)23-20(26)21-17-5-3-2-4-6-17/h2-10H,11-14H2,1H3,(H2,21,22,23,25,26). The summed E-state index contributed by atoms with van der Waals surface area (Å²) in [7, 11) is 0. The van der Waals surface area contributed by atoms with Crippen LogP contribution in [-0.2, 0) is 4.74 Å². The molecule has 7 nitrogen and oxygen atoms in total. The van der Waals surface area contributed by atoms with Crippen LogP contribution < -0.4 is 10.6 Å². The summed E-state index contributed by atoms with van der Waals surface area (Å²) in [6.45, 7) is 4.08. The number of carbonyl (C=O) groups is 2. The first-order valence-corrected chi connectivity index (χ1v) is 8.77. The number of nitrogens with zero attached hydrogens (tertiary/aromatic N) is 2. The van der Waals surface area contributed by atoms with Crippen molar-refractivity contribution in [3.63, 3.8) is 0 Å². The van der Waals surface area contributed by atoms with Crippen molar-refractivity contribution in [2.45, 2.75) is 6.92 Å². The maximum atomic E-state index is 12.6. The van der Waals surface area contributed by atoms with Gasteiger partial charge in [0.25, 0.3) is 5.91 Å². The highest BCUT2D eigenvalue weighted by Crippen LogP contribution is 2.07. The van der Waals surface area contributed by atoms with E-state index in [-0.39, 0.29) is 11.9 Å². The molecule has 2 aromatic carbocycles. The highest BCUT2D eigenvalue weighted by Gasteiger charge is 2.19. The zero-order valence-electron chi connectivity index (χ0n) is 15.1. The summed E-state index contributed by atoms with van der Waals surface area (Å²) >= 11 is 0. The Hall–Kier alpha value is -3.19. The summed E-state index contributed by atoms with van der Waals surface area (Å²) in [6, 6.07) is 15.7. The Labute approximate surface area is 158 Å². The van der Waals surface area contributed by atoms with Crippen LogP contribution in [0, 0.1) is 6.92 Å². The third-order valence-electron chi connectivity index (χ3n) is 4.08. The molecule has 0 saturated carbocycles.